The van der Waals surface area contributed by atoms with Gasteiger partial charge in [-0.15, -0.1) is 15.0 Å². The average molecular weight is 339 g/mol. The third kappa shape index (κ3) is 5.01. The molecule has 7 heteroatoms. The topological polar surface area (TPSA) is 66.4 Å². The number of likely N-dealkylation sites (N-methyl/N-ethyl adjacent to an activating group) is 1. The van der Waals surface area contributed by atoms with Crippen molar-refractivity contribution in [3.05, 3.63) is 0 Å². The third-order valence-corrected chi connectivity index (χ3v) is 4.40. The highest BCUT2D eigenvalue weighted by Gasteiger charge is 2.36. The van der Waals surface area contributed by atoms with Crippen LogP contribution in [0, 0.1) is 0 Å². The zero-order chi connectivity index (χ0) is 17.3. The summed E-state index contributed by atoms with van der Waals surface area (Å²) in [6.45, 7) is 11.7. The molecule has 1 fully saturated rings. The molecule has 0 bridgehead atoms. The number of ether oxygens (including phenoxy) is 3. The van der Waals surface area contributed by atoms with E-state index < -0.39 is 0 Å². The molecule has 0 aliphatic carbocycles. The summed E-state index contributed by atoms with van der Waals surface area (Å²) in [5.41, 5.74) is 0. The molecular weight excluding hydrogens is 308 g/mol. The molecule has 1 saturated heterocycles. The summed E-state index contributed by atoms with van der Waals surface area (Å²) in [6.07, 6.45) is 4.11. The van der Waals surface area contributed by atoms with E-state index in [1.54, 1.807) is 0 Å². The maximum absolute atomic E-state index is 5.73. The van der Waals surface area contributed by atoms with Crippen LogP contribution in [0.3, 0.4) is 0 Å². The highest BCUT2D eigenvalue weighted by Crippen LogP contribution is 2.24. The van der Waals surface area contributed by atoms with Gasteiger partial charge in [0.25, 0.3) is 0 Å². The lowest BCUT2D eigenvalue weighted by molar-refractivity contribution is 0.0390. The molecule has 7 nitrogen and oxygen atoms in total. The number of morpholine rings is 1. The summed E-state index contributed by atoms with van der Waals surface area (Å²) in [5.74, 6) is 0.730. The van der Waals surface area contributed by atoms with Gasteiger partial charge in [-0.05, 0) is 19.8 Å². The summed E-state index contributed by atoms with van der Waals surface area (Å²) in [5, 5.41) is 0. The SMILES string of the molecule is CCCCOc1nc(OCCCC)nc([N+]2(CC)CCOCC2)n1. The Morgan fingerprint density at radius 1 is 0.875 bits per heavy atom. The number of unbranched alkanes of at least 4 members (excludes halogenated alkanes) is 2. The van der Waals surface area contributed by atoms with Crippen molar-refractivity contribution in [1.29, 1.82) is 0 Å². The van der Waals surface area contributed by atoms with Crippen molar-refractivity contribution in [1.82, 2.24) is 19.4 Å². The van der Waals surface area contributed by atoms with Gasteiger partial charge in [-0.3, -0.25) is 4.48 Å². The quantitative estimate of drug-likeness (QED) is 0.482. The molecule has 0 N–H and O–H groups in total. The van der Waals surface area contributed by atoms with Crippen molar-refractivity contribution in [2.75, 3.05) is 46.1 Å². The number of hydrogen-bond donors (Lipinski definition) is 0. The molecule has 136 valence electrons. The Bertz CT molecular complexity index is 464. The highest BCUT2D eigenvalue weighted by molar-refractivity contribution is 5.29. The van der Waals surface area contributed by atoms with Crippen LogP contribution >= 0.6 is 0 Å². The molecular formula is C17H31N4O3+. The Morgan fingerprint density at radius 2 is 1.42 bits per heavy atom. The predicted octanol–water partition coefficient (Wildman–Crippen LogP) is 2.59. The molecule has 1 aliphatic rings. The zero-order valence-corrected chi connectivity index (χ0v) is 15.3. The summed E-state index contributed by atoms with van der Waals surface area (Å²) in [7, 11) is 0. The summed E-state index contributed by atoms with van der Waals surface area (Å²) < 4.78 is 17.7. The van der Waals surface area contributed by atoms with Gasteiger partial charge < -0.3 is 14.2 Å². The minimum atomic E-state index is 0.373. The van der Waals surface area contributed by atoms with Gasteiger partial charge in [-0.2, -0.15) is 0 Å². The fourth-order valence-electron chi connectivity index (χ4n) is 2.63. The molecule has 0 amide bonds. The van der Waals surface area contributed by atoms with Crippen molar-refractivity contribution >= 4 is 5.95 Å². The van der Waals surface area contributed by atoms with Crippen molar-refractivity contribution in [3.63, 3.8) is 0 Å². The first kappa shape index (κ1) is 18.9. The largest absolute Gasteiger partial charge is 0.463 e. The van der Waals surface area contributed by atoms with Gasteiger partial charge in [0.05, 0.1) is 33.0 Å². The number of hydrogen-bond acceptors (Lipinski definition) is 6. The van der Waals surface area contributed by atoms with Crippen LogP contribution in [0.2, 0.25) is 0 Å². The Hall–Kier alpha value is -1.47. The van der Waals surface area contributed by atoms with Gasteiger partial charge in [0, 0.05) is 0 Å². The van der Waals surface area contributed by atoms with Gasteiger partial charge in [0.1, 0.15) is 13.1 Å². The van der Waals surface area contributed by atoms with Gasteiger partial charge in [0.15, 0.2) is 0 Å². The molecule has 24 heavy (non-hydrogen) atoms. The fourth-order valence-corrected chi connectivity index (χ4v) is 2.63. The molecule has 2 heterocycles. The van der Waals surface area contributed by atoms with E-state index in [2.05, 4.69) is 35.7 Å². The normalized spacial score (nSPS) is 16.8. The molecule has 0 unspecified atom stereocenters. The molecule has 1 aromatic rings. The van der Waals surface area contributed by atoms with E-state index in [-0.39, 0.29) is 0 Å². The molecule has 0 radical (unpaired) electrons. The maximum atomic E-state index is 5.73. The highest BCUT2D eigenvalue weighted by atomic mass is 16.5. The smallest absolute Gasteiger partial charge is 0.338 e. The van der Waals surface area contributed by atoms with E-state index >= 15 is 0 Å². The zero-order valence-electron chi connectivity index (χ0n) is 15.3. The summed E-state index contributed by atoms with van der Waals surface area (Å²) >= 11 is 0. The first-order valence-electron chi connectivity index (χ1n) is 9.20. The van der Waals surface area contributed by atoms with Crippen LogP contribution in [-0.2, 0) is 4.74 Å². The number of rotatable bonds is 10. The Kier molecular flexibility index (Phi) is 7.65. The van der Waals surface area contributed by atoms with Crippen molar-refractivity contribution in [3.8, 4) is 12.0 Å². The van der Waals surface area contributed by atoms with Gasteiger partial charge in [-0.1, -0.05) is 26.7 Å². The second kappa shape index (κ2) is 9.74. The lowest BCUT2D eigenvalue weighted by atomic mass is 10.3. The number of nitrogens with zero attached hydrogens (tertiary/aromatic N) is 4. The first-order valence-corrected chi connectivity index (χ1v) is 9.20. The van der Waals surface area contributed by atoms with Gasteiger partial charge in [0.2, 0.25) is 0 Å². The minimum absolute atomic E-state index is 0.373. The van der Waals surface area contributed by atoms with E-state index in [9.17, 15) is 0 Å². The number of quaternary nitrogens is 1. The molecule has 2 rings (SSSR count). The number of aromatic nitrogens is 3. The fraction of sp³-hybridized carbons (Fsp3) is 0.824. The Labute approximate surface area is 145 Å². The third-order valence-electron chi connectivity index (χ3n) is 4.40. The van der Waals surface area contributed by atoms with E-state index in [0.29, 0.717) is 29.7 Å². The second-order valence-corrected chi connectivity index (χ2v) is 6.13. The maximum Gasteiger partial charge on any atom is 0.338 e. The van der Waals surface area contributed by atoms with Crippen LogP contribution in [0.4, 0.5) is 5.95 Å². The second-order valence-electron chi connectivity index (χ2n) is 6.13. The summed E-state index contributed by atoms with van der Waals surface area (Å²) in [6, 6.07) is 0.745. The molecule has 1 aromatic heterocycles. The standard InChI is InChI=1S/C17H31N4O3/c1-4-7-11-23-16-18-15(19-17(20-16)24-12-8-5-2)21(6-3)9-13-22-14-10-21/h4-14H2,1-3H3/q+1. The summed E-state index contributed by atoms with van der Waals surface area (Å²) in [4.78, 5) is 13.5. The van der Waals surface area contributed by atoms with E-state index in [0.717, 1.165) is 64.5 Å². The van der Waals surface area contributed by atoms with E-state index in [4.69, 9.17) is 14.2 Å². The minimum Gasteiger partial charge on any atom is -0.463 e. The van der Waals surface area contributed by atoms with Crippen molar-refractivity contribution in [2.45, 2.75) is 46.5 Å². The van der Waals surface area contributed by atoms with Crippen LogP contribution in [0.5, 0.6) is 12.0 Å². The van der Waals surface area contributed by atoms with Crippen molar-refractivity contribution < 1.29 is 14.2 Å². The van der Waals surface area contributed by atoms with Crippen LogP contribution in [0.1, 0.15) is 46.5 Å². The average Bonchev–Trinajstić information content (AvgIpc) is 2.62. The Balaban J connectivity index is 2.22. The molecule has 0 saturated carbocycles. The van der Waals surface area contributed by atoms with E-state index in [1.807, 2.05) is 0 Å². The first-order chi connectivity index (χ1) is 11.7. The van der Waals surface area contributed by atoms with Crippen LogP contribution < -0.4 is 14.0 Å². The molecule has 0 aromatic carbocycles. The predicted molar refractivity (Wildman–Crippen MR) is 93.5 cm³/mol. The lowest BCUT2D eigenvalue weighted by Gasteiger charge is -2.37. The van der Waals surface area contributed by atoms with Crippen molar-refractivity contribution in [2.24, 2.45) is 0 Å². The van der Waals surface area contributed by atoms with E-state index in [1.165, 1.54) is 0 Å². The molecule has 0 atom stereocenters. The van der Waals surface area contributed by atoms with Crippen LogP contribution in [-0.4, -0.2) is 61.0 Å². The van der Waals surface area contributed by atoms with Crippen LogP contribution in [0.15, 0.2) is 0 Å². The lowest BCUT2D eigenvalue weighted by Crippen LogP contribution is -2.57. The monoisotopic (exact) mass is 339 g/mol. The van der Waals surface area contributed by atoms with Gasteiger partial charge >= 0.3 is 18.0 Å². The van der Waals surface area contributed by atoms with Gasteiger partial charge in [-0.25, -0.2) is 0 Å². The Morgan fingerprint density at radius 3 is 1.88 bits per heavy atom. The molecule has 1 aliphatic heterocycles. The molecule has 0 spiro atoms. The van der Waals surface area contributed by atoms with Crippen LogP contribution in [0.25, 0.3) is 0 Å².